The minimum atomic E-state index is 0. The van der Waals surface area contributed by atoms with E-state index >= 15 is 0 Å². The molecule has 0 spiro atoms. The highest BCUT2D eigenvalue weighted by Gasteiger charge is 2.40. The smallest absolute Gasteiger partial charge is 0.179 e. The van der Waals surface area contributed by atoms with Crippen molar-refractivity contribution in [2.45, 2.75) is 60.7 Å². The second-order valence-electron chi connectivity index (χ2n) is 7.55. The molecule has 5 rings (SSSR count). The van der Waals surface area contributed by atoms with Gasteiger partial charge in [0, 0.05) is 29.2 Å². The van der Waals surface area contributed by atoms with Crippen molar-refractivity contribution >= 4 is 65.2 Å². The Bertz CT molecular complexity index is 1040. The lowest BCUT2D eigenvalue weighted by molar-refractivity contribution is 0.412. The zero-order valence-corrected chi connectivity index (χ0v) is 19.6. The van der Waals surface area contributed by atoms with Gasteiger partial charge in [0.1, 0.15) is 16.4 Å². The molecule has 2 N–H and O–H groups in total. The molecule has 1 unspecified atom stereocenters. The highest BCUT2D eigenvalue weighted by molar-refractivity contribution is 7.99. The maximum absolute atomic E-state index is 6.36. The van der Waals surface area contributed by atoms with Crippen molar-refractivity contribution in [1.29, 1.82) is 0 Å². The number of nitrogens with zero attached hydrogens (tertiary/aromatic N) is 5. The Morgan fingerprint density at radius 3 is 2.53 bits per heavy atom. The monoisotopic (exact) mass is 484 g/mol. The molecule has 5 heterocycles. The van der Waals surface area contributed by atoms with Crippen molar-refractivity contribution < 1.29 is 0 Å². The summed E-state index contributed by atoms with van der Waals surface area (Å²) in [4.78, 5) is 21.7. The zero-order valence-electron chi connectivity index (χ0n) is 16.4. The maximum Gasteiger partial charge on any atom is 0.179 e. The highest BCUT2D eigenvalue weighted by Crippen LogP contribution is 2.38. The summed E-state index contributed by atoms with van der Waals surface area (Å²) in [7, 11) is 0. The fourth-order valence-electron chi connectivity index (χ4n) is 4.37. The molecule has 3 aromatic rings. The molecule has 2 bridgehead atoms. The molecule has 0 amide bonds. The average molecular weight is 486 g/mol. The van der Waals surface area contributed by atoms with Gasteiger partial charge in [-0.05, 0) is 50.8 Å². The van der Waals surface area contributed by atoms with E-state index in [1.165, 1.54) is 24.6 Å². The molecule has 3 atom stereocenters. The van der Waals surface area contributed by atoms with Gasteiger partial charge in [0.2, 0.25) is 0 Å². The molecule has 0 saturated carbocycles. The van der Waals surface area contributed by atoms with Crippen LogP contribution in [-0.4, -0.2) is 38.1 Å². The Labute approximate surface area is 197 Å². The standard InChI is InChI=1S/C20H21ClN6S.2ClH/c1-11-19(21)16(6-7-23-11)28-18-5-4-15-20(26-18)24-10-17(25-15)27-13-2-3-14(27)9-12(22)8-13;;/h4-7,10,12-14H,2-3,8-9,22H2,1H3;2*1H/t12?,13-,14+;;. The number of nitrogens with two attached hydrogens (primary N) is 1. The van der Waals surface area contributed by atoms with Gasteiger partial charge in [-0.1, -0.05) is 23.4 Å². The van der Waals surface area contributed by atoms with E-state index in [1.54, 1.807) is 6.20 Å². The number of aromatic nitrogens is 4. The van der Waals surface area contributed by atoms with E-state index in [4.69, 9.17) is 22.3 Å². The number of pyridine rings is 2. The van der Waals surface area contributed by atoms with Crippen LogP contribution in [0.4, 0.5) is 5.82 Å². The van der Waals surface area contributed by atoms with Crippen LogP contribution < -0.4 is 10.6 Å². The molecule has 10 heteroatoms. The molecular formula is C20H23Cl3N6S. The second kappa shape index (κ2) is 9.40. The van der Waals surface area contributed by atoms with Crippen LogP contribution >= 0.6 is 48.2 Å². The van der Waals surface area contributed by atoms with Crippen LogP contribution in [0.2, 0.25) is 5.02 Å². The van der Waals surface area contributed by atoms with Gasteiger partial charge in [0.25, 0.3) is 0 Å². The highest BCUT2D eigenvalue weighted by atomic mass is 35.5. The zero-order chi connectivity index (χ0) is 19.3. The molecule has 30 heavy (non-hydrogen) atoms. The number of hydrogen-bond acceptors (Lipinski definition) is 7. The van der Waals surface area contributed by atoms with Crippen LogP contribution in [-0.2, 0) is 0 Å². The first-order valence-electron chi connectivity index (χ1n) is 9.55. The molecule has 2 aliphatic heterocycles. The van der Waals surface area contributed by atoms with Crippen molar-refractivity contribution in [2.75, 3.05) is 4.90 Å². The first-order chi connectivity index (χ1) is 13.6. The first-order valence-corrected chi connectivity index (χ1v) is 10.7. The van der Waals surface area contributed by atoms with Crippen LogP contribution in [0.15, 0.2) is 40.5 Å². The van der Waals surface area contributed by atoms with E-state index in [2.05, 4.69) is 19.9 Å². The van der Waals surface area contributed by atoms with Gasteiger partial charge in [0.15, 0.2) is 5.65 Å². The van der Waals surface area contributed by atoms with Crippen molar-refractivity contribution in [1.82, 2.24) is 19.9 Å². The fourth-order valence-corrected chi connectivity index (χ4v) is 5.46. The number of fused-ring (bicyclic) bond motifs is 3. The Balaban J connectivity index is 0.00000128. The van der Waals surface area contributed by atoms with Gasteiger partial charge in [-0.2, -0.15) is 0 Å². The summed E-state index contributed by atoms with van der Waals surface area (Å²) in [5, 5.41) is 1.50. The average Bonchev–Trinajstić information content (AvgIpc) is 2.96. The summed E-state index contributed by atoms with van der Waals surface area (Å²) in [5.74, 6) is 0.946. The molecule has 2 aliphatic rings. The van der Waals surface area contributed by atoms with Gasteiger partial charge >= 0.3 is 0 Å². The van der Waals surface area contributed by atoms with E-state index in [9.17, 15) is 0 Å². The SMILES string of the molecule is Cc1nccc(Sc2ccc3nc(N4[C@@H]5CC[C@H]4CC(N)C5)cnc3n2)c1Cl.Cl.Cl. The number of aryl methyl sites for hydroxylation is 1. The minimum Gasteiger partial charge on any atom is -0.349 e. The summed E-state index contributed by atoms with van der Waals surface area (Å²) in [6.45, 7) is 1.90. The minimum absolute atomic E-state index is 0. The Morgan fingerprint density at radius 2 is 1.80 bits per heavy atom. The molecule has 2 fully saturated rings. The Kier molecular flexibility index (Phi) is 7.30. The van der Waals surface area contributed by atoms with Crippen molar-refractivity contribution in [3.63, 3.8) is 0 Å². The van der Waals surface area contributed by atoms with Gasteiger partial charge in [-0.25, -0.2) is 15.0 Å². The van der Waals surface area contributed by atoms with Gasteiger partial charge in [-0.3, -0.25) is 4.98 Å². The summed E-state index contributed by atoms with van der Waals surface area (Å²) in [5.41, 5.74) is 8.47. The van der Waals surface area contributed by atoms with E-state index in [0.717, 1.165) is 39.8 Å². The Hall–Kier alpha value is -1.38. The Morgan fingerprint density at radius 1 is 1.07 bits per heavy atom. The predicted molar refractivity (Wildman–Crippen MR) is 126 cm³/mol. The van der Waals surface area contributed by atoms with Gasteiger partial charge < -0.3 is 10.6 Å². The van der Waals surface area contributed by atoms with E-state index in [1.807, 2.05) is 31.3 Å². The lowest BCUT2D eigenvalue weighted by Gasteiger charge is -2.38. The van der Waals surface area contributed by atoms with E-state index in [-0.39, 0.29) is 24.8 Å². The summed E-state index contributed by atoms with van der Waals surface area (Å²) in [6.07, 6.45) is 8.08. The normalized spacial score (nSPS) is 22.5. The van der Waals surface area contributed by atoms with Crippen molar-refractivity contribution in [2.24, 2.45) is 5.73 Å². The third kappa shape index (κ3) is 4.32. The van der Waals surface area contributed by atoms with E-state index < -0.39 is 0 Å². The molecule has 3 aromatic heterocycles. The molecule has 0 aromatic carbocycles. The predicted octanol–water partition coefficient (Wildman–Crippen LogP) is 4.83. The van der Waals surface area contributed by atoms with Gasteiger partial charge in [0.05, 0.1) is 16.9 Å². The summed E-state index contributed by atoms with van der Waals surface area (Å²) < 4.78 is 0. The largest absolute Gasteiger partial charge is 0.349 e. The van der Waals surface area contributed by atoms with Crippen LogP contribution in [0.5, 0.6) is 0 Å². The van der Waals surface area contributed by atoms with Crippen LogP contribution in [0.25, 0.3) is 11.2 Å². The lowest BCUT2D eigenvalue weighted by Crippen LogP contribution is -2.47. The van der Waals surface area contributed by atoms with Crippen LogP contribution in [0, 0.1) is 6.92 Å². The van der Waals surface area contributed by atoms with Crippen molar-refractivity contribution in [3.05, 3.63) is 41.3 Å². The first kappa shape index (κ1) is 23.3. The molecule has 0 aliphatic carbocycles. The van der Waals surface area contributed by atoms with Crippen LogP contribution in [0.1, 0.15) is 31.4 Å². The number of anilines is 1. The van der Waals surface area contributed by atoms with Crippen molar-refractivity contribution in [3.8, 4) is 0 Å². The summed E-state index contributed by atoms with van der Waals surface area (Å²) >= 11 is 7.87. The quantitative estimate of drug-likeness (QED) is 0.568. The third-order valence-corrected chi connectivity index (χ3v) is 7.23. The molecule has 6 nitrogen and oxygen atoms in total. The number of hydrogen-bond donors (Lipinski definition) is 1. The number of rotatable bonds is 3. The second-order valence-corrected chi connectivity index (χ2v) is 8.99. The maximum atomic E-state index is 6.36. The van der Waals surface area contributed by atoms with Gasteiger partial charge in [-0.15, -0.1) is 24.8 Å². The lowest BCUT2D eigenvalue weighted by atomic mass is 9.98. The topological polar surface area (TPSA) is 80.8 Å². The fraction of sp³-hybridized carbons (Fsp3) is 0.400. The third-order valence-electron chi connectivity index (χ3n) is 5.64. The molecule has 160 valence electrons. The molecule has 2 saturated heterocycles. The molecular weight excluding hydrogens is 463 g/mol. The molecule has 0 radical (unpaired) electrons. The van der Waals surface area contributed by atoms with Crippen LogP contribution in [0.3, 0.4) is 0 Å². The van der Waals surface area contributed by atoms with E-state index in [0.29, 0.717) is 28.8 Å². The number of piperidine rings is 1. The number of halogens is 3. The summed E-state index contributed by atoms with van der Waals surface area (Å²) in [6, 6.07) is 7.14.